The van der Waals surface area contributed by atoms with Gasteiger partial charge in [0, 0.05) is 60.8 Å². The second-order valence-electron chi connectivity index (χ2n) is 35.1. The van der Waals surface area contributed by atoms with Gasteiger partial charge >= 0.3 is 0 Å². The Kier molecular flexibility index (Phi) is 17.1. The number of fused-ring (bicyclic) bond motifs is 33. The average molecular weight is 1670 g/mol. The smallest absolute Gasteiger partial charge is 0.0794 e. The van der Waals surface area contributed by atoms with Crippen molar-refractivity contribution < 1.29 is 0 Å². The number of hydrogen-bond donors (Lipinski definition) is 0. The molecule has 0 aliphatic heterocycles. The summed E-state index contributed by atoms with van der Waals surface area (Å²) in [6.45, 7) is 0. The van der Waals surface area contributed by atoms with Crippen molar-refractivity contribution in [2.45, 2.75) is 0 Å². The first kappa shape index (κ1) is 74.8. The Balaban J connectivity index is 0.000000136. The fourth-order valence-electron chi connectivity index (χ4n) is 21.9. The van der Waals surface area contributed by atoms with E-state index in [9.17, 15) is 0 Å². The van der Waals surface area contributed by atoms with Gasteiger partial charge in [0.05, 0.1) is 39.3 Å². The SMILES string of the molecule is c1ccc(-c2ccc(-c3cc(-c4ccc5c6ccccc6c6ccccc6c5c4)nc4c3cc(-c3ccc5c6ccccc6c6ccccc6c5c3)c3ccccc34)cc2)nc1.c1ccc2c(c1)nc(-c1ccc(-c3cc(-c4ccc5c6ccccc6c6ccccc6c5c4)nc4c3cc(-c3ccc5c6ccccc6c6ccccc6c5c3)c3ccccc34)cc1)c1ccccc12. The summed E-state index contributed by atoms with van der Waals surface area (Å²) in [5, 5.41) is 40.7. The number of rotatable bonds is 8. The van der Waals surface area contributed by atoms with Gasteiger partial charge in [-0.05, 0) is 257 Å². The van der Waals surface area contributed by atoms with E-state index in [1.807, 2.05) is 18.3 Å². The largest absolute Gasteiger partial charge is 0.256 e. The molecule has 0 aliphatic rings. The van der Waals surface area contributed by atoms with Crippen molar-refractivity contribution in [3.8, 4) is 89.5 Å². The summed E-state index contributed by atoms with van der Waals surface area (Å²) in [6, 6.07) is 166. The van der Waals surface area contributed by atoms with Gasteiger partial charge in [-0.15, -0.1) is 0 Å². The maximum absolute atomic E-state index is 5.69. The lowest BCUT2D eigenvalue weighted by Crippen LogP contribution is -1.94. The maximum atomic E-state index is 5.69. The highest BCUT2D eigenvalue weighted by Gasteiger charge is 2.24. The molecule has 0 saturated carbocycles. The molecule has 608 valence electrons. The van der Waals surface area contributed by atoms with Gasteiger partial charge in [-0.1, -0.05) is 388 Å². The molecule has 4 nitrogen and oxygen atoms in total. The topological polar surface area (TPSA) is 51.6 Å². The normalized spacial score (nSPS) is 11.9. The lowest BCUT2D eigenvalue weighted by atomic mass is 9.88. The molecule has 0 aliphatic carbocycles. The Morgan fingerprint density at radius 1 is 0.121 bits per heavy atom. The summed E-state index contributed by atoms with van der Waals surface area (Å²) in [7, 11) is 0. The van der Waals surface area contributed by atoms with Crippen molar-refractivity contribution in [2.75, 3.05) is 0 Å². The Labute approximate surface area is 759 Å². The Morgan fingerprint density at radius 3 is 0.705 bits per heavy atom. The third-order valence-corrected chi connectivity index (χ3v) is 28.1. The fourth-order valence-corrected chi connectivity index (χ4v) is 21.9. The van der Waals surface area contributed by atoms with Gasteiger partial charge in [0.25, 0.3) is 0 Å². The first-order valence-electron chi connectivity index (χ1n) is 45.4. The summed E-state index contributed by atoms with van der Waals surface area (Å²) >= 11 is 0. The van der Waals surface area contributed by atoms with E-state index < -0.39 is 0 Å². The minimum atomic E-state index is 0.940. The molecule has 0 radical (unpaired) electrons. The monoisotopic (exact) mass is 1670 g/mol. The first-order chi connectivity index (χ1) is 65.5. The van der Waals surface area contributed by atoms with E-state index in [1.54, 1.807) is 0 Å². The van der Waals surface area contributed by atoms with Crippen LogP contribution in [0.2, 0.25) is 0 Å². The summed E-state index contributed by atoms with van der Waals surface area (Å²) in [5.74, 6) is 0. The van der Waals surface area contributed by atoms with Crippen LogP contribution in [0.5, 0.6) is 0 Å². The highest BCUT2D eigenvalue weighted by molar-refractivity contribution is 6.31. The zero-order valence-electron chi connectivity index (χ0n) is 71.7. The van der Waals surface area contributed by atoms with Crippen LogP contribution in [0.1, 0.15) is 0 Å². The van der Waals surface area contributed by atoms with Crippen LogP contribution in [0, 0.1) is 0 Å². The fraction of sp³-hybridized carbons (Fsp3) is 0. The van der Waals surface area contributed by atoms with E-state index in [0.717, 1.165) is 111 Å². The predicted molar refractivity (Wildman–Crippen MR) is 563 cm³/mol. The molecule has 0 N–H and O–H groups in total. The minimum Gasteiger partial charge on any atom is -0.256 e. The van der Waals surface area contributed by atoms with E-state index in [-0.39, 0.29) is 0 Å². The van der Waals surface area contributed by atoms with Crippen molar-refractivity contribution in [3.63, 3.8) is 0 Å². The molecule has 0 spiro atoms. The minimum absolute atomic E-state index is 0.940. The highest BCUT2D eigenvalue weighted by atomic mass is 14.7. The van der Waals surface area contributed by atoms with Gasteiger partial charge in [-0.2, -0.15) is 0 Å². The summed E-state index contributed by atoms with van der Waals surface area (Å²) < 4.78 is 0. The van der Waals surface area contributed by atoms with Crippen molar-refractivity contribution in [2.24, 2.45) is 0 Å². The second-order valence-corrected chi connectivity index (χ2v) is 35.1. The molecule has 0 unspecified atom stereocenters. The standard InChI is InChI=1S/C68H40N2.C60H36N2/c1-3-19-49-45(15-1)47-17-5-7-21-51(47)62-37-43(33-35-55(49)62)60-39-64-61(41-29-31-42(32-30-41)67-58-26-11-9-23-53(58)57-25-13-14-28-65(57)69-67)40-66(70-68(64)59-27-12-10-24-54(59)60)44-34-36-56-50-20-4-2-16-46(50)48-18-6-8-22-52(48)63(56)38-44;1-3-17-45-41(13-1)43-15-5-7-19-47(43)55-33-39(28-30-50(45)55)53-35-57-54(37-24-26-38(27-25-37)58-23-11-12-32-61-58)36-59(62-60(57)52-22-10-9-21-49(52)53)40-29-31-51-46-18-4-2-14-42(46)44-16-6-8-20-48(44)56(51)34-40/h1-40H;1-36H. The molecule has 0 amide bonds. The van der Waals surface area contributed by atoms with Crippen LogP contribution in [0.4, 0.5) is 0 Å². The molecule has 0 bridgehead atoms. The third-order valence-electron chi connectivity index (χ3n) is 28.1. The molecule has 0 saturated heterocycles. The van der Waals surface area contributed by atoms with E-state index >= 15 is 0 Å². The molecular formula is C128H76N4. The molecule has 132 heavy (non-hydrogen) atoms. The van der Waals surface area contributed by atoms with Crippen molar-refractivity contribution >= 4 is 194 Å². The number of aromatic nitrogens is 4. The van der Waals surface area contributed by atoms with E-state index in [1.165, 1.54) is 173 Å². The van der Waals surface area contributed by atoms with Crippen molar-refractivity contribution in [1.29, 1.82) is 0 Å². The number of pyridine rings is 4. The van der Waals surface area contributed by atoms with Gasteiger partial charge < -0.3 is 0 Å². The van der Waals surface area contributed by atoms with Crippen LogP contribution in [-0.2, 0) is 0 Å². The molecular weight excluding hydrogens is 1590 g/mol. The zero-order valence-corrected chi connectivity index (χ0v) is 71.7. The van der Waals surface area contributed by atoms with E-state index in [2.05, 4.69) is 448 Å². The van der Waals surface area contributed by atoms with Crippen LogP contribution in [0.15, 0.2) is 461 Å². The van der Waals surface area contributed by atoms with Gasteiger partial charge in [-0.25, -0.2) is 15.0 Å². The van der Waals surface area contributed by atoms with E-state index in [4.69, 9.17) is 15.0 Å². The number of benzene rings is 24. The molecule has 4 heterocycles. The zero-order chi connectivity index (χ0) is 86.6. The van der Waals surface area contributed by atoms with Gasteiger partial charge in [-0.3, -0.25) is 4.98 Å². The number of hydrogen-bond acceptors (Lipinski definition) is 4. The quantitative estimate of drug-likeness (QED) is 0.142. The lowest BCUT2D eigenvalue weighted by molar-refractivity contribution is 1.33. The van der Waals surface area contributed by atoms with Crippen LogP contribution in [0.3, 0.4) is 0 Å². The van der Waals surface area contributed by atoms with E-state index in [0.29, 0.717) is 0 Å². The molecule has 28 rings (SSSR count). The molecule has 4 aromatic heterocycles. The third kappa shape index (κ3) is 11.9. The van der Waals surface area contributed by atoms with Crippen LogP contribution < -0.4 is 0 Å². The Hall–Kier alpha value is -17.4. The molecule has 0 atom stereocenters. The molecule has 24 aromatic carbocycles. The maximum Gasteiger partial charge on any atom is 0.0794 e. The van der Waals surface area contributed by atoms with Gasteiger partial charge in [0.1, 0.15) is 0 Å². The number of para-hydroxylation sites is 1. The van der Waals surface area contributed by atoms with Gasteiger partial charge in [0.15, 0.2) is 0 Å². The lowest BCUT2D eigenvalue weighted by Gasteiger charge is -2.17. The van der Waals surface area contributed by atoms with Crippen LogP contribution in [-0.4, -0.2) is 19.9 Å². The molecule has 4 heteroatoms. The Bertz CT molecular complexity index is 9640. The van der Waals surface area contributed by atoms with Crippen LogP contribution in [0.25, 0.3) is 284 Å². The predicted octanol–water partition coefficient (Wildman–Crippen LogP) is 35.0. The number of nitrogens with zero attached hydrogens (tertiary/aromatic N) is 4. The van der Waals surface area contributed by atoms with Crippen molar-refractivity contribution in [3.05, 3.63) is 461 Å². The Morgan fingerprint density at radius 2 is 0.364 bits per heavy atom. The molecule has 0 fully saturated rings. The summed E-state index contributed by atoms with van der Waals surface area (Å²) in [4.78, 5) is 21.2. The highest BCUT2D eigenvalue weighted by Crippen LogP contribution is 2.49. The summed E-state index contributed by atoms with van der Waals surface area (Å²) in [5.41, 5.74) is 20.4. The summed E-state index contributed by atoms with van der Waals surface area (Å²) in [6.07, 6.45) is 1.85. The van der Waals surface area contributed by atoms with Crippen molar-refractivity contribution in [1.82, 2.24) is 19.9 Å². The average Bonchev–Trinajstić information content (AvgIpc) is 0.742. The second kappa shape index (κ2) is 30.1. The van der Waals surface area contributed by atoms with Gasteiger partial charge in [0.2, 0.25) is 0 Å². The molecule has 28 aromatic rings. The van der Waals surface area contributed by atoms with Crippen LogP contribution >= 0.6 is 0 Å². The first-order valence-corrected chi connectivity index (χ1v) is 45.4.